The number of carbonyl (C=O) groups is 3. The Balaban J connectivity index is 1.81. The Bertz CT molecular complexity index is 736. The summed E-state index contributed by atoms with van der Waals surface area (Å²) in [5, 5.41) is 17.5. The number of carbonyl (C=O) groups excluding carboxylic acids is 3. The van der Waals surface area contributed by atoms with Gasteiger partial charge in [0.25, 0.3) is 11.8 Å². The number of anilines is 1. The van der Waals surface area contributed by atoms with E-state index in [-0.39, 0.29) is 12.2 Å². The molecule has 1 aromatic rings. The van der Waals surface area contributed by atoms with E-state index < -0.39 is 41.2 Å². The van der Waals surface area contributed by atoms with Crippen molar-refractivity contribution in [2.45, 2.75) is 6.04 Å². The lowest BCUT2D eigenvalue weighted by Gasteiger charge is -2.08. The van der Waals surface area contributed by atoms with Crippen LogP contribution >= 0.6 is 0 Å². The van der Waals surface area contributed by atoms with Gasteiger partial charge in [-0.3, -0.25) is 25.7 Å². The molecule has 1 atom stereocenters. The average Bonchev–Trinajstić information content (AvgIpc) is 2.84. The van der Waals surface area contributed by atoms with Gasteiger partial charge in [-0.1, -0.05) is 0 Å². The number of halogens is 2. The lowest BCUT2D eigenvalue weighted by atomic mass is 10.3. The molecule has 0 spiro atoms. The van der Waals surface area contributed by atoms with Gasteiger partial charge in [0.2, 0.25) is 0 Å². The van der Waals surface area contributed by atoms with Crippen molar-refractivity contribution < 1.29 is 23.2 Å². The number of amides is 4. The lowest BCUT2D eigenvalue weighted by Crippen LogP contribution is -2.43. The van der Waals surface area contributed by atoms with Crippen LogP contribution in [0, 0.1) is 17.0 Å². The molecule has 1 unspecified atom stereocenters. The highest BCUT2D eigenvalue weighted by Crippen LogP contribution is 2.14. The molecule has 1 heterocycles. The third-order valence-corrected chi connectivity index (χ3v) is 2.88. The number of nitrogens with one attached hydrogen (secondary N) is 5. The second-order valence-electron chi connectivity index (χ2n) is 4.63. The van der Waals surface area contributed by atoms with Crippen LogP contribution in [0.2, 0.25) is 0 Å². The molecule has 0 aromatic heterocycles. The summed E-state index contributed by atoms with van der Waals surface area (Å²) in [7, 11) is 0. The molecule has 9 nitrogen and oxygen atoms in total. The van der Waals surface area contributed by atoms with Crippen molar-refractivity contribution >= 4 is 35.5 Å². The van der Waals surface area contributed by atoms with Crippen LogP contribution < -0.4 is 21.4 Å². The minimum absolute atomic E-state index is 0.133. The molecule has 0 saturated carbocycles. The summed E-state index contributed by atoms with van der Waals surface area (Å²) in [6.07, 6.45) is 0.811. The third kappa shape index (κ3) is 4.32. The Kier molecular flexibility index (Phi) is 5.14. The van der Waals surface area contributed by atoms with Gasteiger partial charge >= 0.3 is 6.03 Å². The van der Waals surface area contributed by atoms with E-state index in [1.807, 2.05) is 5.32 Å². The average molecular weight is 338 g/mol. The zero-order valence-corrected chi connectivity index (χ0v) is 12.0. The van der Waals surface area contributed by atoms with Gasteiger partial charge in [0.15, 0.2) is 5.82 Å². The van der Waals surface area contributed by atoms with Gasteiger partial charge in [0.1, 0.15) is 17.6 Å². The molecule has 2 rings (SSSR count). The molecule has 0 bridgehead atoms. The van der Waals surface area contributed by atoms with Crippen LogP contribution in [0.15, 0.2) is 23.3 Å². The number of nitrogens with zero attached hydrogens (tertiary/aromatic N) is 1. The van der Waals surface area contributed by atoms with Crippen molar-refractivity contribution in [3.63, 3.8) is 0 Å². The minimum Gasteiger partial charge on any atom is -0.348 e. The fourth-order valence-corrected chi connectivity index (χ4v) is 1.70. The Morgan fingerprint density at radius 1 is 1.38 bits per heavy atom. The first kappa shape index (κ1) is 17.0. The highest BCUT2D eigenvalue weighted by atomic mass is 19.1. The summed E-state index contributed by atoms with van der Waals surface area (Å²) in [6, 6.07) is 1.18. The molecule has 126 valence electrons. The normalized spacial score (nSPS) is 16.7. The SMILES string of the molecule is N=C(/C=N\Nc1ccc(F)cc1F)C(=O)NCC1NC(=O)NC1=O. The van der Waals surface area contributed by atoms with Crippen molar-refractivity contribution in [1.82, 2.24) is 16.0 Å². The van der Waals surface area contributed by atoms with E-state index >= 15 is 0 Å². The standard InChI is InChI=1S/C13H12F2N6O3/c14-6-1-2-9(7(15)3-6)21-18-4-8(16)11(22)17-5-10-12(23)20-13(24)19-10/h1-4,10,16,21H,5H2,(H,17,22)(H2,19,20,23,24)/b16-8?,18-4-. The monoisotopic (exact) mass is 338 g/mol. The summed E-state index contributed by atoms with van der Waals surface area (Å²) >= 11 is 0. The zero-order chi connectivity index (χ0) is 17.7. The molecule has 11 heteroatoms. The van der Waals surface area contributed by atoms with Crippen LogP contribution in [0.4, 0.5) is 19.3 Å². The first-order valence-corrected chi connectivity index (χ1v) is 6.59. The van der Waals surface area contributed by atoms with Crippen LogP contribution in [-0.4, -0.2) is 42.4 Å². The number of urea groups is 1. The van der Waals surface area contributed by atoms with Gasteiger partial charge in [0.05, 0.1) is 11.9 Å². The predicted octanol–water partition coefficient (Wildman–Crippen LogP) is -0.294. The van der Waals surface area contributed by atoms with Gasteiger partial charge in [0, 0.05) is 12.6 Å². The van der Waals surface area contributed by atoms with E-state index in [1.54, 1.807) is 0 Å². The third-order valence-electron chi connectivity index (χ3n) is 2.88. The molecule has 1 aliphatic heterocycles. The maximum absolute atomic E-state index is 13.3. The van der Waals surface area contributed by atoms with Crippen LogP contribution in [0.25, 0.3) is 0 Å². The topological polar surface area (TPSA) is 136 Å². The number of benzene rings is 1. The van der Waals surface area contributed by atoms with Gasteiger partial charge in [-0.05, 0) is 12.1 Å². The van der Waals surface area contributed by atoms with E-state index in [0.29, 0.717) is 6.07 Å². The van der Waals surface area contributed by atoms with Crippen molar-refractivity contribution in [2.75, 3.05) is 12.0 Å². The van der Waals surface area contributed by atoms with Gasteiger partial charge in [-0.15, -0.1) is 0 Å². The van der Waals surface area contributed by atoms with E-state index in [2.05, 4.69) is 21.2 Å². The summed E-state index contributed by atoms with van der Waals surface area (Å²) < 4.78 is 26.0. The van der Waals surface area contributed by atoms with E-state index in [1.165, 1.54) is 0 Å². The first-order chi connectivity index (χ1) is 11.4. The fourth-order valence-electron chi connectivity index (χ4n) is 1.70. The Labute approximate surface area is 134 Å². The molecule has 1 aromatic carbocycles. The summed E-state index contributed by atoms with van der Waals surface area (Å²) in [5.41, 5.74) is 1.51. The number of hydrogen-bond acceptors (Lipinski definition) is 6. The van der Waals surface area contributed by atoms with Gasteiger partial charge in [-0.2, -0.15) is 5.10 Å². The highest BCUT2D eigenvalue weighted by Gasteiger charge is 2.29. The smallest absolute Gasteiger partial charge is 0.322 e. The zero-order valence-electron chi connectivity index (χ0n) is 12.0. The quantitative estimate of drug-likeness (QED) is 0.276. The Morgan fingerprint density at radius 2 is 2.12 bits per heavy atom. The number of rotatable bonds is 6. The van der Waals surface area contributed by atoms with Crippen molar-refractivity contribution in [3.05, 3.63) is 29.8 Å². The molecule has 1 fully saturated rings. The molecular formula is C13H12F2N6O3. The minimum atomic E-state index is -0.919. The van der Waals surface area contributed by atoms with Crippen molar-refractivity contribution in [1.29, 1.82) is 5.41 Å². The molecule has 0 radical (unpaired) electrons. The molecule has 0 aliphatic carbocycles. The molecular weight excluding hydrogens is 326 g/mol. The lowest BCUT2D eigenvalue weighted by molar-refractivity contribution is -0.120. The van der Waals surface area contributed by atoms with Crippen LogP contribution in [0.3, 0.4) is 0 Å². The molecule has 1 saturated heterocycles. The Hall–Kier alpha value is -3.37. The molecule has 24 heavy (non-hydrogen) atoms. The largest absolute Gasteiger partial charge is 0.348 e. The Morgan fingerprint density at radius 3 is 2.75 bits per heavy atom. The summed E-state index contributed by atoms with van der Waals surface area (Å²) in [4.78, 5) is 33.8. The molecule has 4 amide bonds. The maximum atomic E-state index is 13.3. The number of hydrogen-bond donors (Lipinski definition) is 5. The first-order valence-electron chi connectivity index (χ1n) is 6.59. The van der Waals surface area contributed by atoms with Crippen LogP contribution in [0.1, 0.15) is 0 Å². The second kappa shape index (κ2) is 7.26. The fraction of sp³-hybridized carbons (Fsp3) is 0.154. The van der Waals surface area contributed by atoms with E-state index in [0.717, 1.165) is 18.3 Å². The number of imide groups is 1. The van der Waals surface area contributed by atoms with Crippen LogP contribution in [0.5, 0.6) is 0 Å². The van der Waals surface area contributed by atoms with Gasteiger partial charge in [-0.25, -0.2) is 13.6 Å². The van der Waals surface area contributed by atoms with Crippen molar-refractivity contribution in [2.24, 2.45) is 5.10 Å². The van der Waals surface area contributed by atoms with Crippen molar-refractivity contribution in [3.8, 4) is 0 Å². The van der Waals surface area contributed by atoms with Crippen LogP contribution in [-0.2, 0) is 9.59 Å². The molecule has 5 N–H and O–H groups in total. The van der Waals surface area contributed by atoms with Gasteiger partial charge < -0.3 is 10.6 Å². The van der Waals surface area contributed by atoms with E-state index in [9.17, 15) is 23.2 Å². The van der Waals surface area contributed by atoms with E-state index in [4.69, 9.17) is 5.41 Å². The molecule has 1 aliphatic rings. The second-order valence-corrected chi connectivity index (χ2v) is 4.63. The predicted molar refractivity (Wildman–Crippen MR) is 79.7 cm³/mol. The summed E-state index contributed by atoms with van der Waals surface area (Å²) in [5.74, 6) is -3.08. The number of hydrazone groups is 1. The summed E-state index contributed by atoms with van der Waals surface area (Å²) in [6.45, 7) is -0.202. The highest BCUT2D eigenvalue weighted by molar-refractivity contribution is 6.59. The maximum Gasteiger partial charge on any atom is 0.322 e.